The van der Waals surface area contributed by atoms with Crippen LogP contribution in [0.1, 0.15) is 29.9 Å². The van der Waals surface area contributed by atoms with E-state index in [2.05, 4.69) is 5.32 Å². The summed E-state index contributed by atoms with van der Waals surface area (Å²) >= 11 is 0. The Morgan fingerprint density at radius 2 is 1.89 bits per heavy atom. The predicted octanol–water partition coefficient (Wildman–Crippen LogP) is 3.76. The van der Waals surface area contributed by atoms with Gasteiger partial charge in [-0.25, -0.2) is 8.78 Å². The summed E-state index contributed by atoms with van der Waals surface area (Å²) in [5.74, 6) is -0.254. The van der Waals surface area contributed by atoms with Crippen molar-refractivity contribution < 1.29 is 13.2 Å². The molecule has 1 unspecified atom stereocenters. The summed E-state index contributed by atoms with van der Waals surface area (Å²) in [4.78, 5) is 0. The van der Waals surface area contributed by atoms with E-state index in [1.807, 2.05) is 19.9 Å². The van der Waals surface area contributed by atoms with E-state index in [9.17, 15) is 8.78 Å². The monoisotopic (exact) mass is 265 g/mol. The molecule has 2 rings (SSSR count). The molecule has 1 aromatic carbocycles. The zero-order chi connectivity index (χ0) is 13.8. The van der Waals surface area contributed by atoms with E-state index < -0.39 is 11.6 Å². The van der Waals surface area contributed by atoms with Crippen molar-refractivity contribution >= 4 is 0 Å². The van der Waals surface area contributed by atoms with Crippen molar-refractivity contribution in [2.75, 3.05) is 6.54 Å². The maximum atomic E-state index is 13.7. The molecule has 0 aliphatic heterocycles. The van der Waals surface area contributed by atoms with Crippen LogP contribution in [0.15, 0.2) is 34.9 Å². The Hall–Kier alpha value is -1.68. The molecule has 0 saturated carbocycles. The van der Waals surface area contributed by atoms with Gasteiger partial charge in [-0.3, -0.25) is 0 Å². The zero-order valence-corrected chi connectivity index (χ0v) is 11.0. The van der Waals surface area contributed by atoms with Crippen LogP contribution in [0.5, 0.6) is 0 Å². The second-order valence-electron chi connectivity index (χ2n) is 4.45. The predicted molar refractivity (Wildman–Crippen MR) is 69.9 cm³/mol. The summed E-state index contributed by atoms with van der Waals surface area (Å²) in [6.45, 7) is 4.52. The highest BCUT2D eigenvalue weighted by atomic mass is 19.1. The number of benzene rings is 1. The van der Waals surface area contributed by atoms with Gasteiger partial charge in [-0.15, -0.1) is 0 Å². The number of nitrogens with one attached hydrogen (secondary N) is 1. The molecule has 2 nitrogen and oxygen atoms in total. The first kappa shape index (κ1) is 13.7. The fourth-order valence-corrected chi connectivity index (χ4v) is 2.23. The second kappa shape index (κ2) is 5.97. The number of likely N-dealkylation sites (N-methyl/N-ethyl adjacent to an activating group) is 1. The van der Waals surface area contributed by atoms with Crippen molar-refractivity contribution in [3.05, 3.63) is 59.1 Å². The van der Waals surface area contributed by atoms with Crippen LogP contribution in [0.4, 0.5) is 8.78 Å². The molecule has 0 radical (unpaired) electrons. The SMILES string of the molecule is CCNC(Cc1c(F)cccc1F)c1ccoc1C. The van der Waals surface area contributed by atoms with Gasteiger partial charge < -0.3 is 9.73 Å². The van der Waals surface area contributed by atoms with E-state index in [0.29, 0.717) is 6.54 Å². The van der Waals surface area contributed by atoms with Gasteiger partial charge in [0.05, 0.1) is 6.26 Å². The average molecular weight is 265 g/mol. The van der Waals surface area contributed by atoms with Crippen molar-refractivity contribution in [3.63, 3.8) is 0 Å². The van der Waals surface area contributed by atoms with E-state index in [-0.39, 0.29) is 18.0 Å². The van der Waals surface area contributed by atoms with Gasteiger partial charge in [0.1, 0.15) is 17.4 Å². The first-order valence-corrected chi connectivity index (χ1v) is 6.33. The van der Waals surface area contributed by atoms with Crippen molar-refractivity contribution in [1.29, 1.82) is 0 Å². The molecule has 4 heteroatoms. The maximum Gasteiger partial charge on any atom is 0.129 e. The van der Waals surface area contributed by atoms with Crippen LogP contribution in [-0.2, 0) is 6.42 Å². The zero-order valence-electron chi connectivity index (χ0n) is 11.0. The van der Waals surface area contributed by atoms with Gasteiger partial charge in [0.25, 0.3) is 0 Å². The number of hydrogen-bond donors (Lipinski definition) is 1. The summed E-state index contributed by atoms with van der Waals surface area (Å²) in [5.41, 5.74) is 1.04. The first-order chi connectivity index (χ1) is 9.13. The van der Waals surface area contributed by atoms with Crippen molar-refractivity contribution in [2.24, 2.45) is 0 Å². The largest absolute Gasteiger partial charge is 0.469 e. The molecule has 0 aliphatic carbocycles. The van der Waals surface area contributed by atoms with Crippen molar-refractivity contribution in [2.45, 2.75) is 26.3 Å². The Balaban J connectivity index is 2.29. The van der Waals surface area contributed by atoms with E-state index in [0.717, 1.165) is 11.3 Å². The molecule has 0 spiro atoms. The summed E-state index contributed by atoms with van der Waals surface area (Å²) < 4.78 is 32.7. The minimum atomic E-state index is -0.510. The topological polar surface area (TPSA) is 25.2 Å². The van der Waals surface area contributed by atoms with Gasteiger partial charge >= 0.3 is 0 Å². The quantitative estimate of drug-likeness (QED) is 0.890. The third-order valence-electron chi connectivity index (χ3n) is 3.19. The lowest BCUT2D eigenvalue weighted by molar-refractivity contribution is 0.481. The molecule has 102 valence electrons. The molecular weight excluding hydrogens is 248 g/mol. The highest BCUT2D eigenvalue weighted by molar-refractivity contribution is 5.26. The van der Waals surface area contributed by atoms with Crippen LogP contribution < -0.4 is 5.32 Å². The van der Waals surface area contributed by atoms with E-state index in [4.69, 9.17) is 4.42 Å². The van der Waals surface area contributed by atoms with Gasteiger partial charge in [0.2, 0.25) is 0 Å². The van der Waals surface area contributed by atoms with Gasteiger partial charge in [-0.1, -0.05) is 13.0 Å². The minimum absolute atomic E-state index is 0.106. The summed E-state index contributed by atoms with van der Waals surface area (Å²) in [7, 11) is 0. The van der Waals surface area contributed by atoms with Crippen LogP contribution in [0.3, 0.4) is 0 Å². The molecule has 1 heterocycles. The third-order valence-corrected chi connectivity index (χ3v) is 3.19. The molecule has 19 heavy (non-hydrogen) atoms. The summed E-state index contributed by atoms with van der Waals surface area (Å²) in [5, 5.41) is 3.24. The van der Waals surface area contributed by atoms with E-state index in [1.54, 1.807) is 6.26 Å². The fourth-order valence-electron chi connectivity index (χ4n) is 2.23. The summed E-state index contributed by atoms with van der Waals surface area (Å²) in [6.07, 6.45) is 1.85. The molecule has 1 atom stereocenters. The fraction of sp³-hybridized carbons (Fsp3) is 0.333. The Morgan fingerprint density at radius 1 is 1.21 bits per heavy atom. The van der Waals surface area contributed by atoms with Crippen LogP contribution in [-0.4, -0.2) is 6.54 Å². The molecule has 1 N–H and O–H groups in total. The number of halogens is 2. The lowest BCUT2D eigenvalue weighted by Crippen LogP contribution is -2.24. The Labute approximate surface area is 111 Å². The van der Waals surface area contributed by atoms with Crippen LogP contribution in [0.2, 0.25) is 0 Å². The number of aryl methyl sites for hydroxylation is 1. The first-order valence-electron chi connectivity index (χ1n) is 6.33. The van der Waals surface area contributed by atoms with Crippen LogP contribution >= 0.6 is 0 Å². The van der Waals surface area contributed by atoms with Gasteiger partial charge in [0.15, 0.2) is 0 Å². The standard InChI is InChI=1S/C15H17F2NO/c1-3-18-15(11-7-8-19-10(11)2)9-12-13(16)5-4-6-14(12)17/h4-8,15,18H,3,9H2,1-2H3. The molecule has 1 aromatic heterocycles. The number of furan rings is 1. The van der Waals surface area contributed by atoms with Crippen LogP contribution in [0, 0.1) is 18.6 Å². The van der Waals surface area contributed by atoms with E-state index >= 15 is 0 Å². The summed E-state index contributed by atoms with van der Waals surface area (Å²) in [6, 6.07) is 5.61. The Bertz CT molecular complexity index is 531. The Kier molecular flexibility index (Phi) is 4.32. The maximum absolute atomic E-state index is 13.7. The average Bonchev–Trinajstić information content (AvgIpc) is 2.79. The molecule has 2 aromatic rings. The Morgan fingerprint density at radius 3 is 2.42 bits per heavy atom. The van der Waals surface area contributed by atoms with Gasteiger partial charge in [-0.05, 0) is 38.1 Å². The third kappa shape index (κ3) is 3.01. The molecular formula is C15H17F2NO. The van der Waals surface area contributed by atoms with Crippen molar-refractivity contribution in [1.82, 2.24) is 5.32 Å². The number of rotatable bonds is 5. The van der Waals surface area contributed by atoms with Crippen LogP contribution in [0.25, 0.3) is 0 Å². The molecule has 0 amide bonds. The normalized spacial score (nSPS) is 12.6. The smallest absolute Gasteiger partial charge is 0.129 e. The van der Waals surface area contributed by atoms with Crippen molar-refractivity contribution in [3.8, 4) is 0 Å². The highest BCUT2D eigenvalue weighted by Gasteiger charge is 2.19. The molecule has 0 saturated heterocycles. The number of hydrogen-bond acceptors (Lipinski definition) is 2. The van der Waals surface area contributed by atoms with E-state index in [1.165, 1.54) is 18.2 Å². The highest BCUT2D eigenvalue weighted by Crippen LogP contribution is 2.25. The molecule has 0 aliphatic rings. The molecule has 0 bridgehead atoms. The van der Waals surface area contributed by atoms with Gasteiger partial charge in [0, 0.05) is 17.2 Å². The lowest BCUT2D eigenvalue weighted by Gasteiger charge is -2.18. The minimum Gasteiger partial charge on any atom is -0.469 e. The van der Waals surface area contributed by atoms with Gasteiger partial charge in [-0.2, -0.15) is 0 Å². The molecule has 0 fully saturated rings. The lowest BCUT2D eigenvalue weighted by atomic mass is 9.98. The second-order valence-corrected chi connectivity index (χ2v) is 4.45.